The zero-order valence-electron chi connectivity index (χ0n) is 13.3. The standard InChI is InChI=1S/C16H21F2N3O2/c1-9(2)14-7-21-6-11(4-12(21)8-23-14)20-16(22)15-13(18)3-10(17)5-19-15/h3,5,9,11-12,14H,4,6-8H2,1-2H3,(H,20,22)/t11-,12+,14+/m1/s1. The zero-order chi connectivity index (χ0) is 16.6. The Labute approximate surface area is 134 Å². The van der Waals surface area contributed by atoms with Crippen LogP contribution in [0.4, 0.5) is 8.78 Å². The highest BCUT2D eigenvalue weighted by Gasteiger charge is 2.38. The van der Waals surface area contributed by atoms with E-state index in [4.69, 9.17) is 4.74 Å². The van der Waals surface area contributed by atoms with E-state index in [9.17, 15) is 13.6 Å². The van der Waals surface area contributed by atoms with Crippen molar-refractivity contribution < 1.29 is 18.3 Å². The summed E-state index contributed by atoms with van der Waals surface area (Å²) in [6, 6.07) is 0.871. The lowest BCUT2D eigenvalue weighted by molar-refractivity contribution is -0.0683. The molecule has 3 rings (SSSR count). The molecule has 0 aromatic carbocycles. The summed E-state index contributed by atoms with van der Waals surface area (Å²) >= 11 is 0. The van der Waals surface area contributed by atoms with Gasteiger partial charge in [0.2, 0.25) is 0 Å². The van der Waals surface area contributed by atoms with E-state index >= 15 is 0 Å². The third kappa shape index (κ3) is 3.50. The Morgan fingerprint density at radius 2 is 2.22 bits per heavy atom. The van der Waals surface area contributed by atoms with Crippen LogP contribution in [-0.2, 0) is 4.74 Å². The number of nitrogens with one attached hydrogen (secondary N) is 1. The average molecular weight is 325 g/mol. The first-order valence-electron chi connectivity index (χ1n) is 7.91. The topological polar surface area (TPSA) is 54.5 Å². The number of rotatable bonds is 3. The maximum atomic E-state index is 13.6. The van der Waals surface area contributed by atoms with Crippen molar-refractivity contribution >= 4 is 5.91 Å². The molecule has 2 saturated heterocycles. The SMILES string of the molecule is CC(C)[C@@H]1CN2C[C@H](NC(=O)c3ncc(F)cc3F)C[C@H]2CO1. The van der Waals surface area contributed by atoms with Gasteiger partial charge in [-0.3, -0.25) is 9.69 Å². The van der Waals surface area contributed by atoms with Crippen LogP contribution in [0.1, 0.15) is 30.8 Å². The number of carbonyl (C=O) groups excluding carboxylic acids is 1. The van der Waals surface area contributed by atoms with Crippen molar-refractivity contribution in [1.82, 2.24) is 15.2 Å². The fourth-order valence-corrected chi connectivity index (χ4v) is 3.24. The van der Waals surface area contributed by atoms with E-state index < -0.39 is 17.5 Å². The van der Waals surface area contributed by atoms with E-state index in [0.717, 1.165) is 19.2 Å². The van der Waals surface area contributed by atoms with E-state index in [1.54, 1.807) is 0 Å². The van der Waals surface area contributed by atoms with Gasteiger partial charge in [0.05, 0.1) is 18.9 Å². The van der Waals surface area contributed by atoms with Gasteiger partial charge in [-0.05, 0) is 12.3 Å². The number of ether oxygens (including phenoxy) is 1. The summed E-state index contributed by atoms with van der Waals surface area (Å²) in [5.74, 6) is -1.90. The second kappa shape index (κ2) is 6.49. The number of morpholine rings is 1. The molecule has 23 heavy (non-hydrogen) atoms. The minimum atomic E-state index is -0.943. The number of aromatic nitrogens is 1. The molecule has 126 valence electrons. The van der Waals surface area contributed by atoms with Crippen LogP contribution in [-0.4, -0.2) is 53.7 Å². The molecule has 1 amide bonds. The number of pyridine rings is 1. The molecular formula is C16H21F2N3O2. The Bertz CT molecular complexity index is 597. The molecule has 0 saturated carbocycles. The smallest absolute Gasteiger partial charge is 0.273 e. The van der Waals surface area contributed by atoms with E-state index in [-0.39, 0.29) is 23.9 Å². The zero-order valence-corrected chi connectivity index (χ0v) is 13.3. The van der Waals surface area contributed by atoms with Crippen molar-refractivity contribution in [3.63, 3.8) is 0 Å². The summed E-state index contributed by atoms with van der Waals surface area (Å²) in [5, 5.41) is 2.79. The van der Waals surface area contributed by atoms with Gasteiger partial charge in [-0.2, -0.15) is 0 Å². The second-order valence-electron chi connectivity index (χ2n) is 6.61. The molecule has 0 aliphatic carbocycles. The van der Waals surface area contributed by atoms with E-state index in [0.29, 0.717) is 25.1 Å². The third-order valence-corrected chi connectivity index (χ3v) is 4.55. The van der Waals surface area contributed by atoms with Crippen LogP contribution < -0.4 is 5.32 Å². The molecule has 1 aromatic heterocycles. The number of carbonyl (C=O) groups is 1. The first-order valence-corrected chi connectivity index (χ1v) is 7.91. The summed E-state index contributed by atoms with van der Waals surface area (Å²) in [7, 11) is 0. The molecule has 3 heterocycles. The number of hydrogen-bond acceptors (Lipinski definition) is 4. The molecule has 3 atom stereocenters. The van der Waals surface area contributed by atoms with Gasteiger partial charge in [-0.1, -0.05) is 13.8 Å². The predicted molar refractivity (Wildman–Crippen MR) is 80.0 cm³/mol. The first kappa shape index (κ1) is 16.3. The fourth-order valence-electron chi connectivity index (χ4n) is 3.24. The van der Waals surface area contributed by atoms with Crippen LogP contribution in [0.15, 0.2) is 12.3 Å². The summed E-state index contributed by atoms with van der Waals surface area (Å²) in [5.41, 5.74) is -0.368. The Morgan fingerprint density at radius 3 is 2.91 bits per heavy atom. The van der Waals surface area contributed by atoms with Crippen molar-refractivity contribution in [2.45, 2.75) is 38.5 Å². The van der Waals surface area contributed by atoms with Gasteiger partial charge in [0, 0.05) is 31.2 Å². The van der Waals surface area contributed by atoms with Gasteiger partial charge in [0.25, 0.3) is 5.91 Å². The number of hydrogen-bond donors (Lipinski definition) is 1. The molecule has 7 heteroatoms. The number of fused-ring (bicyclic) bond motifs is 1. The van der Waals surface area contributed by atoms with Crippen molar-refractivity contribution in [3.8, 4) is 0 Å². The van der Waals surface area contributed by atoms with Crippen LogP contribution in [0.2, 0.25) is 0 Å². The highest BCUT2D eigenvalue weighted by molar-refractivity contribution is 5.92. The minimum Gasteiger partial charge on any atom is -0.375 e. The van der Waals surface area contributed by atoms with E-state index in [1.807, 2.05) is 0 Å². The minimum absolute atomic E-state index is 0.0757. The van der Waals surface area contributed by atoms with Crippen molar-refractivity contribution in [2.24, 2.45) is 5.92 Å². The summed E-state index contributed by atoms with van der Waals surface area (Å²) in [6.45, 7) is 6.47. The maximum absolute atomic E-state index is 13.6. The molecule has 5 nitrogen and oxygen atoms in total. The predicted octanol–water partition coefficient (Wildman–Crippen LogP) is 1.59. The Hall–Kier alpha value is -1.60. The Kier molecular flexibility index (Phi) is 4.59. The van der Waals surface area contributed by atoms with Gasteiger partial charge in [0.1, 0.15) is 5.82 Å². The summed E-state index contributed by atoms with van der Waals surface area (Å²) in [4.78, 5) is 18.0. The molecular weight excluding hydrogens is 304 g/mol. The third-order valence-electron chi connectivity index (χ3n) is 4.55. The van der Waals surface area contributed by atoms with Gasteiger partial charge in [-0.15, -0.1) is 0 Å². The van der Waals surface area contributed by atoms with Gasteiger partial charge < -0.3 is 10.1 Å². The van der Waals surface area contributed by atoms with Gasteiger partial charge in [0.15, 0.2) is 11.5 Å². The lowest BCUT2D eigenvalue weighted by Gasteiger charge is -2.36. The normalized spacial score (nSPS) is 28.0. The molecule has 2 aliphatic rings. The first-order chi connectivity index (χ1) is 10.9. The fraction of sp³-hybridized carbons (Fsp3) is 0.625. The molecule has 1 aromatic rings. The van der Waals surface area contributed by atoms with Crippen molar-refractivity contribution in [2.75, 3.05) is 19.7 Å². The highest BCUT2D eigenvalue weighted by Crippen LogP contribution is 2.26. The van der Waals surface area contributed by atoms with Crippen molar-refractivity contribution in [3.05, 3.63) is 29.6 Å². The lowest BCUT2D eigenvalue weighted by atomic mass is 10.0. The molecule has 0 spiro atoms. The van der Waals surface area contributed by atoms with Crippen LogP contribution in [0.5, 0.6) is 0 Å². The number of nitrogens with zero attached hydrogens (tertiary/aromatic N) is 2. The van der Waals surface area contributed by atoms with Gasteiger partial charge >= 0.3 is 0 Å². The van der Waals surface area contributed by atoms with Crippen LogP contribution >= 0.6 is 0 Å². The summed E-state index contributed by atoms with van der Waals surface area (Å²) < 4.78 is 32.3. The molecule has 2 aliphatic heterocycles. The largest absolute Gasteiger partial charge is 0.375 e. The number of halogens is 2. The average Bonchev–Trinajstić information content (AvgIpc) is 2.87. The Morgan fingerprint density at radius 1 is 1.43 bits per heavy atom. The molecule has 2 fully saturated rings. The molecule has 1 N–H and O–H groups in total. The van der Waals surface area contributed by atoms with Crippen LogP contribution in [0.25, 0.3) is 0 Å². The quantitative estimate of drug-likeness (QED) is 0.917. The number of amides is 1. The van der Waals surface area contributed by atoms with Crippen molar-refractivity contribution in [1.29, 1.82) is 0 Å². The molecule has 0 radical (unpaired) electrons. The molecule has 0 bridgehead atoms. The monoisotopic (exact) mass is 325 g/mol. The molecule has 0 unspecified atom stereocenters. The van der Waals surface area contributed by atoms with E-state index in [1.165, 1.54) is 0 Å². The lowest BCUT2D eigenvalue weighted by Crippen LogP contribution is -2.48. The van der Waals surface area contributed by atoms with Crippen LogP contribution in [0, 0.1) is 17.6 Å². The highest BCUT2D eigenvalue weighted by atomic mass is 19.1. The van der Waals surface area contributed by atoms with Gasteiger partial charge in [-0.25, -0.2) is 13.8 Å². The Balaban J connectivity index is 1.60. The van der Waals surface area contributed by atoms with Crippen LogP contribution in [0.3, 0.4) is 0 Å². The second-order valence-corrected chi connectivity index (χ2v) is 6.61. The maximum Gasteiger partial charge on any atom is 0.273 e. The summed E-state index contributed by atoms with van der Waals surface area (Å²) in [6.07, 6.45) is 1.81. The van der Waals surface area contributed by atoms with E-state index in [2.05, 4.69) is 29.0 Å².